The second-order valence-corrected chi connectivity index (χ2v) is 8.04. The lowest BCUT2D eigenvalue weighted by Gasteiger charge is -2.27. The van der Waals surface area contributed by atoms with Crippen LogP contribution < -0.4 is 5.32 Å². The Labute approximate surface area is 108 Å². The number of sulfone groups is 1. The first kappa shape index (κ1) is 13.2. The fourth-order valence-electron chi connectivity index (χ4n) is 2.24. The second-order valence-electron chi connectivity index (χ2n) is 4.73. The molecule has 2 aliphatic heterocycles. The van der Waals surface area contributed by atoms with E-state index in [4.69, 9.17) is 0 Å². The van der Waals surface area contributed by atoms with E-state index in [1.807, 2.05) is 0 Å². The Kier molecular flexibility index (Phi) is 4.36. The van der Waals surface area contributed by atoms with Crippen molar-refractivity contribution in [2.75, 3.05) is 17.3 Å². The van der Waals surface area contributed by atoms with Crippen LogP contribution >= 0.6 is 11.8 Å². The molecule has 0 amide bonds. The average Bonchev–Trinajstić information content (AvgIpc) is 2.28. The van der Waals surface area contributed by atoms with Gasteiger partial charge in [-0.05, 0) is 25.7 Å². The van der Waals surface area contributed by atoms with E-state index in [0.29, 0.717) is 11.8 Å². The highest BCUT2D eigenvalue weighted by molar-refractivity contribution is 8.13. The predicted octanol–water partition coefficient (Wildman–Crippen LogP) is 1.42. The summed E-state index contributed by atoms with van der Waals surface area (Å²) in [6.07, 6.45) is 3.91. The Balaban J connectivity index is 1.94. The van der Waals surface area contributed by atoms with Gasteiger partial charge in [-0.25, -0.2) is 8.42 Å². The Morgan fingerprint density at radius 1 is 1.47 bits per heavy atom. The Morgan fingerprint density at radius 3 is 3.00 bits per heavy atom. The van der Waals surface area contributed by atoms with Crippen LogP contribution in [0, 0.1) is 0 Å². The summed E-state index contributed by atoms with van der Waals surface area (Å²) in [4.78, 5) is 4.62. The molecule has 0 aromatic heterocycles. The highest BCUT2D eigenvalue weighted by atomic mass is 32.2. The minimum atomic E-state index is -2.83. The molecule has 0 bridgehead atoms. The zero-order chi connectivity index (χ0) is 12.3. The molecule has 2 rings (SSSR count). The molecule has 1 N–H and O–H groups in total. The summed E-state index contributed by atoms with van der Waals surface area (Å²) in [5, 5.41) is 4.26. The van der Waals surface area contributed by atoms with Gasteiger partial charge in [0.15, 0.2) is 15.0 Å². The van der Waals surface area contributed by atoms with E-state index in [2.05, 4.69) is 17.2 Å². The number of nitrogens with zero attached hydrogens (tertiary/aromatic N) is 1. The lowest BCUT2D eigenvalue weighted by molar-refractivity contribution is 0.530. The van der Waals surface area contributed by atoms with Gasteiger partial charge in [0, 0.05) is 11.8 Å². The van der Waals surface area contributed by atoms with Gasteiger partial charge in [-0.2, -0.15) is 0 Å². The van der Waals surface area contributed by atoms with Crippen molar-refractivity contribution < 1.29 is 8.42 Å². The monoisotopic (exact) mass is 276 g/mol. The highest BCUT2D eigenvalue weighted by Crippen LogP contribution is 2.20. The standard InChI is InChI=1S/C11H20N2O2S2/c1-2-9-5-6-16-11(12-9)13-10-4-3-7-17(14,15)8-10/h9-10H,2-8H2,1H3,(H,12,13). The average molecular weight is 276 g/mol. The van der Waals surface area contributed by atoms with Gasteiger partial charge in [0.05, 0.1) is 17.5 Å². The number of aliphatic imine (C=N–C) groups is 1. The Hall–Kier alpha value is -0.230. The molecule has 0 radical (unpaired) electrons. The van der Waals surface area contributed by atoms with Crippen LogP contribution in [0.3, 0.4) is 0 Å². The summed E-state index contributed by atoms with van der Waals surface area (Å²) in [6.45, 7) is 2.15. The van der Waals surface area contributed by atoms with Crippen LogP contribution in [-0.2, 0) is 9.84 Å². The molecular formula is C11H20N2O2S2. The summed E-state index contributed by atoms with van der Waals surface area (Å²) in [7, 11) is -2.83. The van der Waals surface area contributed by atoms with E-state index in [1.165, 1.54) is 0 Å². The Bertz CT molecular complexity index is 392. The molecule has 1 saturated heterocycles. The summed E-state index contributed by atoms with van der Waals surface area (Å²) >= 11 is 1.72. The van der Waals surface area contributed by atoms with Crippen molar-refractivity contribution in [2.24, 2.45) is 4.99 Å². The number of rotatable bonds is 2. The number of amidine groups is 1. The van der Waals surface area contributed by atoms with Crippen LogP contribution in [-0.4, -0.2) is 42.9 Å². The maximum atomic E-state index is 11.5. The van der Waals surface area contributed by atoms with E-state index in [0.717, 1.165) is 36.6 Å². The van der Waals surface area contributed by atoms with Gasteiger partial charge in [0.25, 0.3) is 0 Å². The van der Waals surface area contributed by atoms with E-state index in [-0.39, 0.29) is 11.8 Å². The molecule has 2 unspecified atom stereocenters. The topological polar surface area (TPSA) is 58.5 Å². The summed E-state index contributed by atoms with van der Waals surface area (Å²) in [6, 6.07) is 0.481. The SMILES string of the molecule is CCC1CCSC(NC2CCCS(=O)(=O)C2)=N1. The number of thioether (sulfide) groups is 1. The maximum absolute atomic E-state index is 11.5. The fourth-order valence-corrected chi connectivity index (χ4v) is 4.94. The van der Waals surface area contributed by atoms with E-state index >= 15 is 0 Å². The Morgan fingerprint density at radius 2 is 2.29 bits per heavy atom. The highest BCUT2D eigenvalue weighted by Gasteiger charge is 2.26. The molecule has 0 aromatic rings. The van der Waals surface area contributed by atoms with Crippen molar-refractivity contribution in [3.8, 4) is 0 Å². The molecule has 0 spiro atoms. The zero-order valence-electron chi connectivity index (χ0n) is 10.2. The van der Waals surface area contributed by atoms with E-state index in [9.17, 15) is 8.42 Å². The molecule has 1 fully saturated rings. The van der Waals surface area contributed by atoms with Crippen molar-refractivity contribution in [1.82, 2.24) is 5.32 Å². The molecule has 0 aromatic carbocycles. The van der Waals surface area contributed by atoms with Crippen molar-refractivity contribution in [1.29, 1.82) is 0 Å². The fraction of sp³-hybridized carbons (Fsp3) is 0.909. The first-order valence-electron chi connectivity index (χ1n) is 6.26. The van der Waals surface area contributed by atoms with Crippen molar-refractivity contribution >= 4 is 26.8 Å². The molecular weight excluding hydrogens is 256 g/mol. The third kappa shape index (κ3) is 3.88. The summed E-state index contributed by atoms with van der Waals surface area (Å²) in [5.74, 6) is 1.70. The van der Waals surface area contributed by atoms with Gasteiger partial charge < -0.3 is 5.32 Å². The third-order valence-corrected chi connectivity index (χ3v) is 6.01. The second kappa shape index (κ2) is 5.61. The van der Waals surface area contributed by atoms with Gasteiger partial charge in [-0.1, -0.05) is 18.7 Å². The van der Waals surface area contributed by atoms with Crippen LogP contribution in [0.5, 0.6) is 0 Å². The molecule has 17 heavy (non-hydrogen) atoms. The normalized spacial score (nSPS) is 32.9. The number of hydrogen-bond donors (Lipinski definition) is 1. The first-order valence-corrected chi connectivity index (χ1v) is 9.07. The van der Waals surface area contributed by atoms with E-state index < -0.39 is 9.84 Å². The molecule has 0 saturated carbocycles. The van der Waals surface area contributed by atoms with Gasteiger partial charge in [0.1, 0.15) is 0 Å². The lowest BCUT2D eigenvalue weighted by atomic mass is 10.2. The molecule has 0 aliphatic carbocycles. The minimum Gasteiger partial charge on any atom is -0.361 e. The zero-order valence-corrected chi connectivity index (χ0v) is 11.8. The van der Waals surface area contributed by atoms with E-state index in [1.54, 1.807) is 11.8 Å². The van der Waals surface area contributed by atoms with Gasteiger partial charge in [0.2, 0.25) is 0 Å². The van der Waals surface area contributed by atoms with Crippen molar-refractivity contribution in [3.05, 3.63) is 0 Å². The minimum absolute atomic E-state index is 0.0654. The van der Waals surface area contributed by atoms with Crippen LogP contribution in [0.25, 0.3) is 0 Å². The summed E-state index contributed by atoms with van der Waals surface area (Å²) in [5.41, 5.74) is 0. The molecule has 98 valence electrons. The third-order valence-electron chi connectivity index (χ3n) is 3.25. The smallest absolute Gasteiger partial charge is 0.157 e. The summed E-state index contributed by atoms with van der Waals surface area (Å²) < 4.78 is 23.1. The largest absolute Gasteiger partial charge is 0.361 e. The van der Waals surface area contributed by atoms with Gasteiger partial charge in [-0.3, -0.25) is 4.99 Å². The number of hydrogen-bond acceptors (Lipinski definition) is 5. The number of nitrogens with one attached hydrogen (secondary N) is 1. The molecule has 2 heterocycles. The van der Waals surface area contributed by atoms with Crippen LogP contribution in [0.15, 0.2) is 4.99 Å². The predicted molar refractivity (Wildman–Crippen MR) is 73.4 cm³/mol. The van der Waals surface area contributed by atoms with Crippen LogP contribution in [0.2, 0.25) is 0 Å². The maximum Gasteiger partial charge on any atom is 0.157 e. The van der Waals surface area contributed by atoms with Crippen LogP contribution in [0.1, 0.15) is 32.6 Å². The molecule has 4 nitrogen and oxygen atoms in total. The van der Waals surface area contributed by atoms with Crippen molar-refractivity contribution in [3.63, 3.8) is 0 Å². The molecule has 2 aliphatic rings. The van der Waals surface area contributed by atoms with Crippen molar-refractivity contribution in [2.45, 2.75) is 44.7 Å². The molecule has 2 atom stereocenters. The van der Waals surface area contributed by atoms with Gasteiger partial charge >= 0.3 is 0 Å². The van der Waals surface area contributed by atoms with Gasteiger partial charge in [-0.15, -0.1) is 0 Å². The first-order chi connectivity index (χ1) is 8.09. The van der Waals surface area contributed by atoms with Crippen LogP contribution in [0.4, 0.5) is 0 Å². The lowest BCUT2D eigenvalue weighted by Crippen LogP contribution is -2.43. The quantitative estimate of drug-likeness (QED) is 0.829. The molecule has 6 heteroatoms.